The Labute approximate surface area is 187 Å². The fourth-order valence-corrected chi connectivity index (χ4v) is 3.62. The van der Waals surface area contributed by atoms with Gasteiger partial charge in [0, 0.05) is 16.4 Å². The van der Waals surface area contributed by atoms with Crippen molar-refractivity contribution in [1.29, 1.82) is 0 Å². The van der Waals surface area contributed by atoms with E-state index in [4.69, 9.17) is 14.7 Å². The van der Waals surface area contributed by atoms with Gasteiger partial charge in [-0.3, -0.25) is 0 Å². The number of nitrogens with zero attached hydrogens (tertiary/aromatic N) is 3. The molecule has 0 bridgehead atoms. The third-order valence-corrected chi connectivity index (χ3v) is 5.55. The van der Waals surface area contributed by atoms with Crippen LogP contribution in [0, 0.1) is 0 Å². The number of ether oxygens (including phenoxy) is 1. The van der Waals surface area contributed by atoms with Gasteiger partial charge in [-0.2, -0.15) is 0 Å². The molecular formula is C24H29BrN4O. The molecule has 30 heavy (non-hydrogen) atoms. The number of aromatic nitrogens is 2. The van der Waals surface area contributed by atoms with E-state index in [-0.39, 0.29) is 0 Å². The zero-order valence-corrected chi connectivity index (χ0v) is 19.4. The molecule has 0 radical (unpaired) electrons. The van der Waals surface area contributed by atoms with Crippen LogP contribution in [0.15, 0.2) is 46.9 Å². The molecule has 0 amide bonds. The third-order valence-electron chi connectivity index (χ3n) is 5.05. The molecule has 0 unspecified atom stereocenters. The number of halogens is 1. The van der Waals surface area contributed by atoms with Gasteiger partial charge >= 0.3 is 0 Å². The van der Waals surface area contributed by atoms with Gasteiger partial charge in [-0.15, -0.1) is 0 Å². The van der Waals surface area contributed by atoms with Gasteiger partial charge in [0.15, 0.2) is 5.82 Å². The van der Waals surface area contributed by atoms with Crippen molar-refractivity contribution in [2.45, 2.75) is 20.3 Å². The lowest BCUT2D eigenvalue weighted by atomic mass is 10.2. The predicted octanol–water partition coefficient (Wildman–Crippen LogP) is 5.72. The second-order valence-electron chi connectivity index (χ2n) is 7.01. The average molecular weight is 469 g/mol. The number of rotatable bonds is 10. The molecule has 5 nitrogen and oxygen atoms in total. The molecule has 0 saturated carbocycles. The molecule has 0 aliphatic rings. The summed E-state index contributed by atoms with van der Waals surface area (Å²) in [4.78, 5) is 11.9. The van der Waals surface area contributed by atoms with Gasteiger partial charge in [0.2, 0.25) is 0 Å². The lowest BCUT2D eigenvalue weighted by molar-refractivity contribution is 0.303. The summed E-state index contributed by atoms with van der Waals surface area (Å²) in [6.45, 7) is 8.52. The summed E-state index contributed by atoms with van der Waals surface area (Å²) in [5, 5.41) is 4.55. The molecule has 0 fully saturated rings. The van der Waals surface area contributed by atoms with Gasteiger partial charge in [-0.1, -0.05) is 48.0 Å². The number of benzene rings is 2. The molecule has 1 N–H and O–H groups in total. The summed E-state index contributed by atoms with van der Waals surface area (Å²) in [6, 6.07) is 14.0. The summed E-state index contributed by atoms with van der Waals surface area (Å²) < 4.78 is 6.24. The number of fused-ring (bicyclic) bond motifs is 1. The van der Waals surface area contributed by atoms with Gasteiger partial charge in [0.05, 0.1) is 12.6 Å². The van der Waals surface area contributed by atoms with Crippen LogP contribution >= 0.6 is 15.9 Å². The SMILES string of the molecule is CCN(CC)CCCNc1nc(C=Cc2ccc(OC)cc2)nc2ccc(Br)cc12. The first-order valence-corrected chi connectivity index (χ1v) is 11.2. The largest absolute Gasteiger partial charge is 0.497 e. The fourth-order valence-electron chi connectivity index (χ4n) is 3.26. The highest BCUT2D eigenvalue weighted by Gasteiger charge is 2.08. The van der Waals surface area contributed by atoms with Crippen molar-refractivity contribution in [1.82, 2.24) is 14.9 Å². The van der Waals surface area contributed by atoms with E-state index >= 15 is 0 Å². The number of hydrogen-bond donors (Lipinski definition) is 1. The monoisotopic (exact) mass is 468 g/mol. The minimum atomic E-state index is 0.687. The first-order valence-electron chi connectivity index (χ1n) is 10.4. The van der Waals surface area contributed by atoms with Crippen LogP contribution in [-0.2, 0) is 0 Å². The molecule has 0 saturated heterocycles. The summed E-state index contributed by atoms with van der Waals surface area (Å²) >= 11 is 3.56. The van der Waals surface area contributed by atoms with Gasteiger partial charge in [-0.05, 0) is 68.0 Å². The Balaban J connectivity index is 1.79. The second-order valence-corrected chi connectivity index (χ2v) is 7.92. The lowest BCUT2D eigenvalue weighted by Gasteiger charge is -2.18. The summed E-state index contributed by atoms with van der Waals surface area (Å²) in [5.74, 6) is 2.40. The first-order chi connectivity index (χ1) is 14.6. The first kappa shape index (κ1) is 22.2. The molecule has 0 atom stereocenters. The summed E-state index contributed by atoms with van der Waals surface area (Å²) in [7, 11) is 1.67. The van der Waals surface area contributed by atoms with Gasteiger partial charge in [0.1, 0.15) is 11.6 Å². The van der Waals surface area contributed by atoms with Crippen LogP contribution in [0.1, 0.15) is 31.7 Å². The fraction of sp³-hybridized carbons (Fsp3) is 0.333. The van der Waals surface area contributed by atoms with Crippen molar-refractivity contribution in [2.24, 2.45) is 0 Å². The van der Waals surface area contributed by atoms with Crippen molar-refractivity contribution in [2.75, 3.05) is 38.6 Å². The van der Waals surface area contributed by atoms with Crippen molar-refractivity contribution in [3.05, 3.63) is 58.3 Å². The zero-order chi connectivity index (χ0) is 21.3. The van der Waals surface area contributed by atoms with E-state index in [2.05, 4.69) is 46.1 Å². The van der Waals surface area contributed by atoms with Crippen molar-refractivity contribution in [3.63, 3.8) is 0 Å². The Hall–Kier alpha value is -2.44. The Bertz CT molecular complexity index is 984. The standard InChI is InChI=1S/C24H29BrN4O/c1-4-29(5-2)16-6-15-26-24-21-17-19(25)10-13-22(21)27-23(28-24)14-9-18-7-11-20(30-3)12-8-18/h7-14,17H,4-6,15-16H2,1-3H3,(H,26,27,28). The maximum atomic E-state index is 5.22. The van der Waals surface area contributed by atoms with Crippen molar-refractivity contribution >= 4 is 44.8 Å². The normalized spacial score (nSPS) is 11.5. The molecule has 3 rings (SSSR count). The average Bonchev–Trinajstić information content (AvgIpc) is 2.78. The molecule has 1 aromatic heterocycles. The Morgan fingerprint density at radius 2 is 1.80 bits per heavy atom. The number of methoxy groups -OCH3 is 1. The minimum absolute atomic E-state index is 0.687. The van der Waals surface area contributed by atoms with E-state index < -0.39 is 0 Å². The maximum Gasteiger partial charge on any atom is 0.154 e. The quantitative estimate of drug-likeness (QED) is 0.385. The molecule has 0 aliphatic carbocycles. The van der Waals surface area contributed by atoms with Crippen molar-refractivity contribution < 1.29 is 4.74 Å². The summed E-state index contributed by atoms with van der Waals surface area (Å²) in [6.07, 6.45) is 5.03. The highest BCUT2D eigenvalue weighted by molar-refractivity contribution is 9.10. The molecule has 158 valence electrons. The number of nitrogens with one attached hydrogen (secondary N) is 1. The van der Waals surface area contributed by atoms with Crippen LogP contribution in [0.3, 0.4) is 0 Å². The predicted molar refractivity (Wildman–Crippen MR) is 130 cm³/mol. The maximum absolute atomic E-state index is 5.22. The molecule has 1 heterocycles. The van der Waals surface area contributed by atoms with Crippen LogP contribution in [0.4, 0.5) is 5.82 Å². The smallest absolute Gasteiger partial charge is 0.154 e. The van der Waals surface area contributed by atoms with Gasteiger partial charge < -0.3 is 15.0 Å². The lowest BCUT2D eigenvalue weighted by Crippen LogP contribution is -2.25. The molecule has 6 heteroatoms. The minimum Gasteiger partial charge on any atom is -0.497 e. The van der Waals surface area contributed by atoms with Gasteiger partial charge in [0.25, 0.3) is 0 Å². The van der Waals surface area contributed by atoms with Gasteiger partial charge in [-0.25, -0.2) is 9.97 Å². The third kappa shape index (κ3) is 6.03. The second kappa shape index (κ2) is 11.1. The zero-order valence-electron chi connectivity index (χ0n) is 17.9. The highest BCUT2D eigenvalue weighted by atomic mass is 79.9. The van der Waals surface area contributed by atoms with Crippen LogP contribution in [0.5, 0.6) is 5.75 Å². The highest BCUT2D eigenvalue weighted by Crippen LogP contribution is 2.25. The van der Waals surface area contributed by atoms with Crippen LogP contribution < -0.4 is 10.1 Å². The Kier molecular flexibility index (Phi) is 8.22. The van der Waals surface area contributed by atoms with E-state index in [1.165, 1.54) is 0 Å². The molecular weight excluding hydrogens is 440 g/mol. The van der Waals surface area contributed by atoms with E-state index in [0.29, 0.717) is 5.82 Å². The number of hydrogen-bond acceptors (Lipinski definition) is 5. The van der Waals surface area contributed by atoms with Crippen molar-refractivity contribution in [3.8, 4) is 5.75 Å². The van der Waals surface area contributed by atoms with E-state index in [1.54, 1.807) is 7.11 Å². The molecule has 3 aromatic rings. The van der Waals surface area contributed by atoms with E-state index in [0.717, 1.165) is 65.1 Å². The van der Waals surface area contributed by atoms with Crippen LogP contribution in [-0.4, -0.2) is 48.2 Å². The van der Waals surface area contributed by atoms with Crippen LogP contribution in [0.2, 0.25) is 0 Å². The van der Waals surface area contributed by atoms with Crippen LogP contribution in [0.25, 0.3) is 23.1 Å². The molecule has 0 aliphatic heterocycles. The molecule has 2 aromatic carbocycles. The number of anilines is 1. The summed E-state index contributed by atoms with van der Waals surface area (Å²) in [5.41, 5.74) is 2.00. The Morgan fingerprint density at radius 3 is 2.50 bits per heavy atom. The van der Waals surface area contributed by atoms with E-state index in [9.17, 15) is 0 Å². The topological polar surface area (TPSA) is 50.3 Å². The Morgan fingerprint density at radius 1 is 1.03 bits per heavy atom. The molecule has 0 spiro atoms. The van der Waals surface area contributed by atoms with E-state index in [1.807, 2.05) is 48.6 Å².